The van der Waals surface area contributed by atoms with E-state index in [1.807, 2.05) is 0 Å². The zero-order valence-electron chi connectivity index (χ0n) is 15.0. The summed E-state index contributed by atoms with van der Waals surface area (Å²) < 4.78 is 28.7. The quantitative estimate of drug-likeness (QED) is 0.121. The van der Waals surface area contributed by atoms with E-state index in [0.29, 0.717) is 10.6 Å². The standard InChI is InChI=1S/C15H16N4O7S.Na/c1-15(7-26-14(23)18-16)10(13(21)22)19-11(20)9(12(19)27(15,24)25)6-8-4-2-3-5-17-8;/h2-6,10,12H,7,16H2,1H3,(H,18,23)(H,21,22);/q;+1/p-1/b9-6-;/t10-,12+,15-;/m0./s1. The molecule has 0 aliphatic carbocycles. The van der Waals surface area contributed by atoms with Crippen LogP contribution in [-0.4, -0.2) is 59.0 Å². The van der Waals surface area contributed by atoms with Crippen molar-refractivity contribution >= 4 is 33.9 Å². The fraction of sp³-hybridized carbons (Fsp3) is 0.333. The number of amides is 2. The van der Waals surface area contributed by atoms with Gasteiger partial charge >= 0.3 is 35.7 Å². The maximum Gasteiger partial charge on any atom is 1.00 e. The molecule has 0 unspecified atom stereocenters. The monoisotopic (exact) mass is 418 g/mol. The molecule has 3 N–H and O–H groups in total. The molecule has 0 aromatic carbocycles. The average molecular weight is 418 g/mol. The van der Waals surface area contributed by atoms with E-state index in [4.69, 9.17) is 10.6 Å². The third-order valence-corrected chi connectivity index (χ3v) is 7.33. The van der Waals surface area contributed by atoms with E-state index in [1.165, 1.54) is 12.3 Å². The Kier molecular flexibility index (Phi) is 6.21. The summed E-state index contributed by atoms with van der Waals surface area (Å²) in [6.07, 6.45) is 1.60. The van der Waals surface area contributed by atoms with Crippen LogP contribution in [0.2, 0.25) is 0 Å². The third-order valence-electron chi connectivity index (χ3n) is 4.62. The molecule has 28 heavy (non-hydrogen) atoms. The van der Waals surface area contributed by atoms with Crippen molar-refractivity contribution in [3.8, 4) is 0 Å². The van der Waals surface area contributed by atoms with Crippen LogP contribution >= 0.6 is 0 Å². The minimum atomic E-state index is -4.29. The molecule has 13 heteroatoms. The Morgan fingerprint density at radius 1 is 1.46 bits per heavy atom. The van der Waals surface area contributed by atoms with Gasteiger partial charge in [-0.05, 0) is 25.1 Å². The van der Waals surface area contributed by atoms with Gasteiger partial charge in [0.25, 0.3) is 5.91 Å². The summed E-state index contributed by atoms with van der Waals surface area (Å²) in [5, 5.41) is 10.1. The molecule has 2 amide bonds. The van der Waals surface area contributed by atoms with E-state index in [2.05, 4.69) is 4.98 Å². The van der Waals surface area contributed by atoms with Crippen molar-refractivity contribution in [2.45, 2.75) is 23.1 Å². The van der Waals surface area contributed by atoms with Crippen molar-refractivity contribution in [3.63, 3.8) is 0 Å². The number of aliphatic carboxylic acids is 1. The van der Waals surface area contributed by atoms with Gasteiger partial charge in [-0.25, -0.2) is 19.1 Å². The number of fused-ring (bicyclic) bond motifs is 1. The first-order valence-corrected chi connectivity index (χ1v) is 9.22. The van der Waals surface area contributed by atoms with Crippen molar-refractivity contribution in [3.05, 3.63) is 35.7 Å². The first kappa shape index (κ1) is 22.3. The van der Waals surface area contributed by atoms with Crippen LogP contribution in [0.3, 0.4) is 0 Å². The number of hydrazine groups is 1. The van der Waals surface area contributed by atoms with Crippen molar-refractivity contribution < 1.29 is 62.2 Å². The van der Waals surface area contributed by atoms with E-state index in [-0.39, 0.29) is 35.1 Å². The fourth-order valence-corrected chi connectivity index (χ4v) is 5.52. The SMILES string of the molecule is C[C@]1(COC(=O)NN)[C@H](C(=O)[O-])N2C(=O)/C(=C/c3ccccn3)[C@H]2S1(=O)=O.[Na+]. The van der Waals surface area contributed by atoms with Crippen LogP contribution in [0, 0.1) is 0 Å². The van der Waals surface area contributed by atoms with Gasteiger partial charge in [-0.15, -0.1) is 0 Å². The Morgan fingerprint density at radius 2 is 2.14 bits per heavy atom. The zero-order chi connectivity index (χ0) is 20.0. The fourth-order valence-electron chi connectivity index (χ4n) is 3.25. The van der Waals surface area contributed by atoms with E-state index in [0.717, 1.165) is 6.92 Å². The summed E-state index contributed by atoms with van der Waals surface area (Å²) in [5.41, 5.74) is 1.87. The first-order chi connectivity index (χ1) is 12.6. The molecule has 2 fully saturated rings. The summed E-state index contributed by atoms with van der Waals surface area (Å²) in [5.74, 6) is 2.33. The molecule has 144 valence electrons. The normalized spacial score (nSPS) is 28.7. The number of β-lactam (4-membered cyclic amide) rings is 1. The Labute approximate surface area is 182 Å². The molecule has 3 heterocycles. The van der Waals surface area contributed by atoms with Crippen LogP contribution in [0.5, 0.6) is 0 Å². The Balaban J connectivity index is 0.00000280. The second kappa shape index (κ2) is 7.79. The predicted octanol–water partition coefficient (Wildman–Crippen LogP) is -5.46. The summed E-state index contributed by atoms with van der Waals surface area (Å²) in [6, 6.07) is 3.03. The van der Waals surface area contributed by atoms with E-state index < -0.39 is 50.6 Å². The van der Waals surface area contributed by atoms with Crippen molar-refractivity contribution in [2.24, 2.45) is 5.84 Å². The summed E-state index contributed by atoms with van der Waals surface area (Å²) >= 11 is 0. The van der Waals surface area contributed by atoms with Gasteiger partial charge in [-0.1, -0.05) is 6.07 Å². The molecule has 1 aromatic heterocycles. The van der Waals surface area contributed by atoms with Gasteiger partial charge in [-0.3, -0.25) is 15.2 Å². The summed E-state index contributed by atoms with van der Waals surface area (Å²) in [7, 11) is -4.29. The molecule has 0 bridgehead atoms. The molecule has 3 atom stereocenters. The first-order valence-electron chi connectivity index (χ1n) is 7.68. The van der Waals surface area contributed by atoms with Crippen LogP contribution in [0.4, 0.5) is 4.79 Å². The summed E-state index contributed by atoms with van der Waals surface area (Å²) in [6.45, 7) is 0.255. The van der Waals surface area contributed by atoms with Gasteiger partial charge < -0.3 is 19.5 Å². The minimum absolute atomic E-state index is 0. The number of rotatable bonds is 4. The minimum Gasteiger partial charge on any atom is -0.548 e. The van der Waals surface area contributed by atoms with E-state index >= 15 is 0 Å². The molecule has 3 rings (SSSR count). The van der Waals surface area contributed by atoms with Gasteiger partial charge in [0.1, 0.15) is 11.4 Å². The van der Waals surface area contributed by atoms with Crippen molar-refractivity contribution in [1.29, 1.82) is 0 Å². The number of carbonyl (C=O) groups excluding carboxylic acids is 3. The van der Waals surface area contributed by atoms with Crippen LogP contribution < -0.4 is 45.9 Å². The molecular weight excluding hydrogens is 403 g/mol. The smallest absolute Gasteiger partial charge is 0.548 e. The summed E-state index contributed by atoms with van der Waals surface area (Å²) in [4.78, 5) is 40.0. The van der Waals surface area contributed by atoms with Crippen LogP contribution in [0.15, 0.2) is 30.0 Å². The number of hydrogen-bond acceptors (Lipinski definition) is 9. The molecule has 2 saturated heterocycles. The molecule has 2 aliphatic rings. The van der Waals surface area contributed by atoms with Crippen molar-refractivity contribution in [2.75, 3.05) is 6.61 Å². The number of ether oxygens (including phenoxy) is 1. The zero-order valence-corrected chi connectivity index (χ0v) is 17.8. The molecule has 0 spiro atoms. The molecule has 0 saturated carbocycles. The van der Waals surface area contributed by atoms with Gasteiger partial charge in [0.05, 0.1) is 23.3 Å². The number of nitrogens with zero attached hydrogens (tertiary/aromatic N) is 2. The van der Waals surface area contributed by atoms with Gasteiger partial charge in [0.2, 0.25) is 0 Å². The maximum atomic E-state index is 13.0. The second-order valence-corrected chi connectivity index (χ2v) is 8.69. The van der Waals surface area contributed by atoms with E-state index in [9.17, 15) is 27.9 Å². The van der Waals surface area contributed by atoms with Gasteiger partial charge in [0.15, 0.2) is 15.2 Å². The second-order valence-electron chi connectivity index (χ2n) is 6.22. The van der Waals surface area contributed by atoms with Crippen LogP contribution in [0.25, 0.3) is 6.08 Å². The van der Waals surface area contributed by atoms with E-state index in [1.54, 1.807) is 23.6 Å². The predicted molar refractivity (Wildman–Crippen MR) is 87.6 cm³/mol. The molecule has 11 nitrogen and oxygen atoms in total. The van der Waals surface area contributed by atoms with Gasteiger partial charge in [0, 0.05) is 6.20 Å². The number of sulfone groups is 1. The number of pyridine rings is 1. The Hall–Kier alpha value is -1.99. The largest absolute Gasteiger partial charge is 1.00 e. The third kappa shape index (κ3) is 3.20. The number of carbonyl (C=O) groups is 3. The van der Waals surface area contributed by atoms with Crippen LogP contribution in [0.1, 0.15) is 12.6 Å². The molecule has 0 radical (unpaired) electrons. The number of carboxylic acids is 1. The Bertz CT molecular complexity index is 952. The number of nitrogens with two attached hydrogens (primary N) is 1. The number of nitrogens with one attached hydrogen (secondary N) is 1. The average Bonchev–Trinajstić information content (AvgIpc) is 2.80. The van der Waals surface area contributed by atoms with Crippen molar-refractivity contribution in [1.82, 2.24) is 15.3 Å². The molecule has 1 aromatic rings. The molecule has 2 aliphatic heterocycles. The maximum absolute atomic E-state index is 13.0. The molecular formula is C15H15N4NaO7S. The number of hydrogen-bond donors (Lipinski definition) is 2. The van der Waals surface area contributed by atoms with Gasteiger partial charge in [-0.2, -0.15) is 0 Å². The topological polar surface area (TPSA) is 172 Å². The van der Waals surface area contributed by atoms with Crippen LogP contribution in [-0.2, 0) is 24.2 Å². The number of carboxylic acid groups (broad SMARTS) is 1. The number of aromatic nitrogens is 1. The Morgan fingerprint density at radius 3 is 2.68 bits per heavy atom.